The second-order valence-electron chi connectivity index (χ2n) is 5.04. The van der Waals surface area contributed by atoms with Gasteiger partial charge < -0.3 is 4.74 Å². The molecule has 2 rings (SSSR count). The van der Waals surface area contributed by atoms with Crippen molar-refractivity contribution < 1.29 is 4.74 Å². The lowest BCUT2D eigenvalue weighted by molar-refractivity contribution is 0.414. The van der Waals surface area contributed by atoms with Crippen molar-refractivity contribution in [2.24, 2.45) is 5.92 Å². The van der Waals surface area contributed by atoms with Crippen LogP contribution in [0.15, 0.2) is 18.2 Å². The summed E-state index contributed by atoms with van der Waals surface area (Å²) in [5.41, 5.74) is 1.20. The number of ether oxygens (including phenoxy) is 1. The monoisotopic (exact) mass is 330 g/mol. The van der Waals surface area contributed by atoms with Crippen LogP contribution in [0.4, 0.5) is 0 Å². The Labute approximate surface area is 123 Å². The van der Waals surface area contributed by atoms with Crippen LogP contribution in [0.1, 0.15) is 48.9 Å². The average molecular weight is 332 g/mol. The van der Waals surface area contributed by atoms with Crippen molar-refractivity contribution in [1.29, 1.82) is 0 Å². The van der Waals surface area contributed by atoms with E-state index in [-0.39, 0.29) is 0 Å². The van der Waals surface area contributed by atoms with Gasteiger partial charge in [0.25, 0.3) is 0 Å². The smallest absolute Gasteiger partial charge is 0.120 e. The van der Waals surface area contributed by atoms with Gasteiger partial charge in [0, 0.05) is 9.85 Å². The molecule has 1 fully saturated rings. The Balaban J connectivity index is 2.14. The largest absolute Gasteiger partial charge is 0.497 e. The third-order valence-corrected chi connectivity index (χ3v) is 5.39. The molecule has 1 unspecified atom stereocenters. The Morgan fingerprint density at radius 1 is 1.22 bits per heavy atom. The quantitative estimate of drug-likeness (QED) is 0.506. The van der Waals surface area contributed by atoms with E-state index >= 15 is 0 Å². The van der Waals surface area contributed by atoms with Gasteiger partial charge in [0.1, 0.15) is 5.75 Å². The lowest BCUT2D eigenvalue weighted by Gasteiger charge is -2.22. The lowest BCUT2D eigenvalue weighted by Crippen LogP contribution is -2.07. The van der Waals surface area contributed by atoms with Crippen molar-refractivity contribution in [2.75, 3.05) is 7.11 Å². The summed E-state index contributed by atoms with van der Waals surface area (Å²) >= 11 is 10.2. The van der Waals surface area contributed by atoms with Gasteiger partial charge in [-0.2, -0.15) is 0 Å². The Morgan fingerprint density at radius 2 is 1.89 bits per heavy atom. The van der Waals surface area contributed by atoms with E-state index in [4.69, 9.17) is 16.3 Å². The van der Waals surface area contributed by atoms with Crippen LogP contribution in [-0.4, -0.2) is 7.11 Å². The van der Waals surface area contributed by atoms with Gasteiger partial charge in [-0.15, -0.1) is 0 Å². The fraction of sp³-hybridized carbons (Fsp3) is 0.600. The minimum atomic E-state index is 0.369. The zero-order valence-electron chi connectivity index (χ0n) is 10.8. The number of benzene rings is 1. The fourth-order valence-corrected chi connectivity index (χ4v) is 4.06. The Morgan fingerprint density at radius 3 is 2.44 bits per heavy atom. The highest BCUT2D eigenvalue weighted by Gasteiger charge is 2.23. The normalized spacial score (nSPS) is 19.3. The lowest BCUT2D eigenvalue weighted by atomic mass is 9.92. The molecular formula is C15H20BrClO. The van der Waals surface area contributed by atoms with E-state index in [2.05, 4.69) is 22.0 Å². The van der Waals surface area contributed by atoms with Crippen LogP contribution < -0.4 is 4.74 Å². The summed E-state index contributed by atoms with van der Waals surface area (Å²) in [5.74, 6) is 1.53. The third-order valence-electron chi connectivity index (χ3n) is 3.82. The van der Waals surface area contributed by atoms with Crippen molar-refractivity contribution in [3.63, 3.8) is 0 Å². The van der Waals surface area contributed by atoms with Crippen molar-refractivity contribution in [3.05, 3.63) is 28.8 Å². The second kappa shape index (κ2) is 6.81. The van der Waals surface area contributed by atoms with Crippen molar-refractivity contribution in [1.82, 2.24) is 0 Å². The van der Waals surface area contributed by atoms with Gasteiger partial charge in [-0.05, 0) is 36.5 Å². The first-order valence-electron chi connectivity index (χ1n) is 6.70. The van der Waals surface area contributed by atoms with E-state index in [1.165, 1.54) is 44.1 Å². The number of methoxy groups -OCH3 is 1. The average Bonchev–Trinajstić information content (AvgIpc) is 2.66. The molecule has 1 nitrogen and oxygen atoms in total. The van der Waals surface area contributed by atoms with Gasteiger partial charge in [-0.3, -0.25) is 0 Å². The molecule has 100 valence electrons. The molecule has 1 aromatic rings. The summed E-state index contributed by atoms with van der Waals surface area (Å²) in [6.45, 7) is 0. The zero-order valence-corrected chi connectivity index (χ0v) is 13.1. The molecule has 0 saturated heterocycles. The number of hydrogen-bond acceptors (Lipinski definition) is 1. The summed E-state index contributed by atoms with van der Waals surface area (Å²) in [7, 11) is 1.67. The van der Waals surface area contributed by atoms with Crippen LogP contribution in [0, 0.1) is 5.92 Å². The molecule has 0 N–H and O–H groups in total. The van der Waals surface area contributed by atoms with Crippen LogP contribution in [-0.2, 0) is 0 Å². The Hall–Kier alpha value is -0.210. The second-order valence-corrected chi connectivity index (χ2v) is 6.43. The van der Waals surface area contributed by atoms with Crippen molar-refractivity contribution in [2.45, 2.75) is 43.4 Å². The Bertz CT molecular complexity index is 386. The third kappa shape index (κ3) is 3.42. The predicted octanol–water partition coefficient (Wildman–Crippen LogP) is 5.76. The first-order chi connectivity index (χ1) is 8.72. The van der Waals surface area contributed by atoms with Crippen LogP contribution in [0.25, 0.3) is 0 Å². The van der Waals surface area contributed by atoms with Crippen molar-refractivity contribution >= 4 is 27.5 Å². The number of hydrogen-bond donors (Lipinski definition) is 0. The molecule has 1 atom stereocenters. The molecule has 0 bridgehead atoms. The molecular weight excluding hydrogens is 312 g/mol. The topological polar surface area (TPSA) is 9.23 Å². The summed E-state index contributed by atoms with van der Waals surface area (Å²) in [6.07, 6.45) is 8.07. The standard InChI is InChI=1S/C15H20BrClO/c1-18-12-8-9-13(14(17)10-12)15(16)11-6-4-2-3-5-7-11/h8-11,15H,2-7H2,1H3. The first kappa shape index (κ1) is 14.2. The maximum atomic E-state index is 6.35. The summed E-state index contributed by atoms with van der Waals surface area (Å²) in [5, 5.41) is 0.806. The molecule has 0 aromatic heterocycles. The minimum Gasteiger partial charge on any atom is -0.497 e. The highest BCUT2D eigenvalue weighted by molar-refractivity contribution is 9.09. The van der Waals surface area contributed by atoms with Gasteiger partial charge in [-0.25, -0.2) is 0 Å². The van der Waals surface area contributed by atoms with E-state index in [9.17, 15) is 0 Å². The van der Waals surface area contributed by atoms with Gasteiger partial charge in [0.15, 0.2) is 0 Å². The summed E-state index contributed by atoms with van der Waals surface area (Å²) in [4.78, 5) is 0.369. The molecule has 0 amide bonds. The predicted molar refractivity (Wildman–Crippen MR) is 80.9 cm³/mol. The molecule has 18 heavy (non-hydrogen) atoms. The molecule has 1 aromatic carbocycles. The zero-order chi connectivity index (χ0) is 13.0. The highest BCUT2D eigenvalue weighted by Crippen LogP contribution is 2.42. The van der Waals surface area contributed by atoms with E-state index in [1.807, 2.05) is 12.1 Å². The fourth-order valence-electron chi connectivity index (χ4n) is 2.72. The first-order valence-corrected chi connectivity index (χ1v) is 7.99. The molecule has 0 spiro atoms. The molecule has 0 radical (unpaired) electrons. The van der Waals surface area contributed by atoms with Crippen LogP contribution in [0.5, 0.6) is 5.75 Å². The van der Waals surface area contributed by atoms with Crippen molar-refractivity contribution in [3.8, 4) is 5.75 Å². The molecule has 1 aliphatic rings. The minimum absolute atomic E-state index is 0.369. The van der Waals surface area contributed by atoms with Crippen LogP contribution >= 0.6 is 27.5 Å². The highest BCUT2D eigenvalue weighted by atomic mass is 79.9. The van der Waals surface area contributed by atoms with Gasteiger partial charge >= 0.3 is 0 Å². The Kier molecular flexibility index (Phi) is 5.38. The molecule has 3 heteroatoms. The number of alkyl halides is 1. The number of rotatable bonds is 3. The summed E-state index contributed by atoms with van der Waals surface area (Å²) in [6, 6.07) is 5.99. The molecule has 1 saturated carbocycles. The van der Waals surface area contributed by atoms with Gasteiger partial charge in [0.2, 0.25) is 0 Å². The van der Waals surface area contributed by atoms with E-state index in [1.54, 1.807) is 7.11 Å². The SMILES string of the molecule is COc1ccc(C(Br)C2CCCCCC2)c(Cl)c1. The van der Waals surface area contributed by atoms with E-state index in [0.717, 1.165) is 10.8 Å². The van der Waals surface area contributed by atoms with Gasteiger partial charge in [0.05, 0.1) is 7.11 Å². The maximum Gasteiger partial charge on any atom is 0.120 e. The van der Waals surface area contributed by atoms with E-state index in [0.29, 0.717) is 10.7 Å². The van der Waals surface area contributed by atoms with Gasteiger partial charge in [-0.1, -0.05) is 59.3 Å². The van der Waals surface area contributed by atoms with Crippen LogP contribution in [0.3, 0.4) is 0 Å². The van der Waals surface area contributed by atoms with Crippen LogP contribution in [0.2, 0.25) is 5.02 Å². The summed E-state index contributed by atoms with van der Waals surface area (Å²) < 4.78 is 5.20. The molecule has 0 aliphatic heterocycles. The maximum absolute atomic E-state index is 6.35. The molecule has 1 aliphatic carbocycles. The van der Waals surface area contributed by atoms with E-state index < -0.39 is 0 Å². The number of halogens is 2. The molecule has 0 heterocycles.